The highest BCUT2D eigenvalue weighted by atomic mass is 16.2. The standard InChI is InChI=1S/C27H27N5O/c1-21-28-24(30-14-8-9-15-30)20-25(29-21)31-16-18-32(19-17-31)27(33)26(22-10-4-2-5-11-22)23-12-6-3-7-13-23/h2-15,20,26H,16-19H2,1H3. The maximum absolute atomic E-state index is 13.7. The van der Waals surface area contributed by atoms with Gasteiger partial charge in [-0.25, -0.2) is 9.97 Å². The molecule has 1 amide bonds. The van der Waals surface area contributed by atoms with Crippen LogP contribution in [0.1, 0.15) is 22.9 Å². The van der Waals surface area contributed by atoms with Gasteiger partial charge in [-0.2, -0.15) is 0 Å². The topological polar surface area (TPSA) is 54.3 Å². The Kier molecular flexibility index (Phi) is 5.89. The summed E-state index contributed by atoms with van der Waals surface area (Å²) in [6.45, 7) is 4.72. The zero-order valence-electron chi connectivity index (χ0n) is 18.7. The minimum Gasteiger partial charge on any atom is -0.353 e. The van der Waals surface area contributed by atoms with Crippen LogP contribution in [0.4, 0.5) is 5.82 Å². The molecule has 1 aliphatic heterocycles. The van der Waals surface area contributed by atoms with Crippen LogP contribution in [-0.2, 0) is 4.79 Å². The van der Waals surface area contributed by atoms with Crippen LogP contribution in [0.3, 0.4) is 0 Å². The molecule has 0 bridgehead atoms. The number of carbonyl (C=O) groups excluding carboxylic acids is 1. The van der Waals surface area contributed by atoms with Gasteiger partial charge < -0.3 is 14.4 Å². The average molecular weight is 438 g/mol. The maximum Gasteiger partial charge on any atom is 0.234 e. The molecule has 6 nitrogen and oxygen atoms in total. The van der Waals surface area contributed by atoms with Crippen LogP contribution in [0.15, 0.2) is 91.3 Å². The lowest BCUT2D eigenvalue weighted by molar-refractivity contribution is -0.132. The Morgan fingerprint density at radius 1 is 0.758 bits per heavy atom. The van der Waals surface area contributed by atoms with Gasteiger partial charge in [0.05, 0.1) is 5.92 Å². The molecule has 0 N–H and O–H groups in total. The zero-order valence-corrected chi connectivity index (χ0v) is 18.7. The molecular weight excluding hydrogens is 410 g/mol. The van der Waals surface area contributed by atoms with E-state index in [0.717, 1.165) is 41.7 Å². The number of carbonyl (C=O) groups is 1. The smallest absolute Gasteiger partial charge is 0.234 e. The van der Waals surface area contributed by atoms with Crippen molar-refractivity contribution in [3.8, 4) is 5.82 Å². The summed E-state index contributed by atoms with van der Waals surface area (Å²) in [4.78, 5) is 27.1. The number of rotatable bonds is 5. The van der Waals surface area contributed by atoms with Gasteiger partial charge in [0.25, 0.3) is 0 Å². The summed E-state index contributed by atoms with van der Waals surface area (Å²) in [5, 5.41) is 0. The number of aromatic nitrogens is 3. The molecule has 33 heavy (non-hydrogen) atoms. The molecule has 1 fully saturated rings. The predicted molar refractivity (Wildman–Crippen MR) is 130 cm³/mol. The summed E-state index contributed by atoms with van der Waals surface area (Å²) in [6.07, 6.45) is 3.96. The van der Waals surface area contributed by atoms with Gasteiger partial charge >= 0.3 is 0 Å². The molecule has 0 atom stereocenters. The molecule has 0 unspecified atom stereocenters. The van der Waals surface area contributed by atoms with Crippen LogP contribution < -0.4 is 4.90 Å². The van der Waals surface area contributed by atoms with Crippen molar-refractivity contribution in [2.45, 2.75) is 12.8 Å². The Bertz CT molecular complexity index is 1160. The second-order valence-corrected chi connectivity index (χ2v) is 8.29. The third-order valence-corrected chi connectivity index (χ3v) is 6.11. The Hall–Kier alpha value is -3.93. The first-order valence-electron chi connectivity index (χ1n) is 11.3. The van der Waals surface area contributed by atoms with Gasteiger partial charge in [0.1, 0.15) is 17.5 Å². The molecule has 5 rings (SSSR count). The monoisotopic (exact) mass is 437 g/mol. The van der Waals surface area contributed by atoms with E-state index in [1.165, 1.54) is 0 Å². The lowest BCUT2D eigenvalue weighted by Crippen LogP contribution is -2.50. The quantitative estimate of drug-likeness (QED) is 0.473. The van der Waals surface area contributed by atoms with Crippen molar-refractivity contribution in [3.63, 3.8) is 0 Å². The van der Waals surface area contributed by atoms with Crippen molar-refractivity contribution in [1.82, 2.24) is 19.4 Å². The van der Waals surface area contributed by atoms with Crippen LogP contribution in [-0.4, -0.2) is 51.5 Å². The Balaban J connectivity index is 1.34. The second kappa shape index (κ2) is 9.28. The summed E-state index contributed by atoms with van der Waals surface area (Å²) in [7, 11) is 0. The second-order valence-electron chi connectivity index (χ2n) is 8.29. The van der Waals surface area contributed by atoms with Crippen molar-refractivity contribution in [1.29, 1.82) is 0 Å². The minimum atomic E-state index is -0.291. The molecule has 166 valence electrons. The van der Waals surface area contributed by atoms with Gasteiger partial charge in [-0.05, 0) is 30.2 Å². The highest BCUT2D eigenvalue weighted by molar-refractivity contribution is 5.87. The summed E-state index contributed by atoms with van der Waals surface area (Å²) in [5.74, 6) is 2.36. The van der Waals surface area contributed by atoms with E-state index in [2.05, 4.69) is 14.9 Å². The first kappa shape index (κ1) is 20.9. The fourth-order valence-electron chi connectivity index (χ4n) is 4.43. The van der Waals surface area contributed by atoms with E-state index >= 15 is 0 Å². The van der Waals surface area contributed by atoms with Gasteiger partial charge in [-0.3, -0.25) is 4.79 Å². The van der Waals surface area contributed by atoms with E-state index < -0.39 is 0 Å². The summed E-state index contributed by atoms with van der Waals surface area (Å²) in [5.41, 5.74) is 2.05. The van der Waals surface area contributed by atoms with E-state index in [9.17, 15) is 4.79 Å². The number of anilines is 1. The lowest BCUT2D eigenvalue weighted by Gasteiger charge is -2.37. The van der Waals surface area contributed by atoms with E-state index in [-0.39, 0.29) is 11.8 Å². The number of nitrogens with zero attached hydrogens (tertiary/aromatic N) is 5. The molecule has 2 aromatic carbocycles. The molecule has 4 aromatic rings. The number of hydrogen-bond donors (Lipinski definition) is 0. The van der Waals surface area contributed by atoms with Crippen LogP contribution >= 0.6 is 0 Å². The van der Waals surface area contributed by atoms with Gasteiger partial charge in [-0.15, -0.1) is 0 Å². The number of aryl methyl sites for hydroxylation is 1. The Morgan fingerprint density at radius 3 is 1.88 bits per heavy atom. The average Bonchev–Trinajstić information content (AvgIpc) is 3.41. The SMILES string of the molecule is Cc1nc(N2CCN(C(=O)C(c3ccccc3)c3ccccc3)CC2)cc(-n2cccc2)n1. The van der Waals surface area contributed by atoms with Gasteiger partial charge in [-0.1, -0.05) is 60.7 Å². The zero-order chi connectivity index (χ0) is 22.6. The molecule has 1 saturated heterocycles. The minimum absolute atomic E-state index is 0.152. The lowest BCUT2D eigenvalue weighted by atomic mass is 9.90. The normalized spacial score (nSPS) is 14.0. The number of amides is 1. The predicted octanol–water partition coefficient (Wildman–Crippen LogP) is 4.06. The van der Waals surface area contributed by atoms with E-state index in [4.69, 9.17) is 0 Å². The fourth-order valence-corrected chi connectivity index (χ4v) is 4.43. The highest BCUT2D eigenvalue weighted by Gasteiger charge is 2.30. The van der Waals surface area contributed by atoms with Crippen LogP contribution in [0.25, 0.3) is 5.82 Å². The number of benzene rings is 2. The summed E-state index contributed by atoms with van der Waals surface area (Å²) < 4.78 is 1.99. The Morgan fingerprint density at radius 2 is 1.30 bits per heavy atom. The molecule has 0 radical (unpaired) electrons. The molecule has 0 aliphatic carbocycles. The van der Waals surface area contributed by atoms with E-state index in [1.54, 1.807) is 0 Å². The van der Waals surface area contributed by atoms with E-state index in [1.807, 2.05) is 108 Å². The fraction of sp³-hybridized carbons (Fsp3) is 0.222. The third-order valence-electron chi connectivity index (χ3n) is 6.11. The molecule has 0 saturated carbocycles. The van der Waals surface area contributed by atoms with Crippen LogP contribution in [0, 0.1) is 6.92 Å². The van der Waals surface area contributed by atoms with Gasteiger partial charge in [0.2, 0.25) is 5.91 Å². The molecule has 2 aromatic heterocycles. The first-order valence-corrected chi connectivity index (χ1v) is 11.3. The molecule has 0 spiro atoms. The van der Waals surface area contributed by atoms with Crippen molar-refractivity contribution in [2.75, 3.05) is 31.1 Å². The first-order chi connectivity index (χ1) is 16.2. The maximum atomic E-state index is 13.7. The largest absolute Gasteiger partial charge is 0.353 e. The highest BCUT2D eigenvalue weighted by Crippen LogP contribution is 2.28. The van der Waals surface area contributed by atoms with Gasteiger partial charge in [0, 0.05) is 44.6 Å². The van der Waals surface area contributed by atoms with Crippen LogP contribution in [0.2, 0.25) is 0 Å². The molecule has 6 heteroatoms. The van der Waals surface area contributed by atoms with Crippen molar-refractivity contribution in [2.24, 2.45) is 0 Å². The van der Waals surface area contributed by atoms with Crippen molar-refractivity contribution < 1.29 is 4.79 Å². The van der Waals surface area contributed by atoms with Crippen LogP contribution in [0.5, 0.6) is 0 Å². The Labute approximate surface area is 194 Å². The van der Waals surface area contributed by atoms with Crippen molar-refractivity contribution in [3.05, 3.63) is 108 Å². The third kappa shape index (κ3) is 4.51. The molecular formula is C27H27N5O. The molecule has 1 aliphatic rings. The summed E-state index contributed by atoms with van der Waals surface area (Å²) in [6, 6.07) is 26.1. The van der Waals surface area contributed by atoms with Gasteiger partial charge in [0.15, 0.2) is 0 Å². The number of piperazine rings is 1. The number of hydrogen-bond acceptors (Lipinski definition) is 4. The summed E-state index contributed by atoms with van der Waals surface area (Å²) >= 11 is 0. The van der Waals surface area contributed by atoms with E-state index in [0.29, 0.717) is 13.1 Å². The molecule has 3 heterocycles. The van der Waals surface area contributed by atoms with Crippen molar-refractivity contribution >= 4 is 11.7 Å².